The first-order chi connectivity index (χ1) is 6.66. The number of rotatable bonds is 2. The van der Waals surface area contributed by atoms with Crippen molar-refractivity contribution in [3.05, 3.63) is 18.0 Å². The number of aryl methyl sites for hydroxylation is 1. The van der Waals surface area contributed by atoms with Crippen LogP contribution < -0.4 is 5.73 Å². The molecule has 1 aromatic rings. The molecule has 1 aliphatic carbocycles. The highest BCUT2D eigenvalue weighted by Crippen LogP contribution is 2.32. The van der Waals surface area contributed by atoms with Gasteiger partial charge in [0.25, 0.3) is 0 Å². The Balaban J connectivity index is 1.98. The third-order valence-corrected chi connectivity index (χ3v) is 3.55. The molecule has 1 saturated carbocycles. The summed E-state index contributed by atoms with van der Waals surface area (Å²) < 4.78 is 1.87. The second kappa shape index (κ2) is 3.73. The fraction of sp³-hybridized carbons (Fsp3) is 0.727. The molecule has 0 amide bonds. The molecule has 2 rings (SSSR count). The standard InChI is InChI=1S/C11H19N3/c1-8-10(3-4-11(8)12)5-9-6-13-14(2)7-9/h6-8,10-11H,3-5,12H2,1-2H3. The van der Waals surface area contributed by atoms with Crippen molar-refractivity contribution in [2.45, 2.75) is 32.2 Å². The Morgan fingerprint density at radius 1 is 1.57 bits per heavy atom. The molecule has 14 heavy (non-hydrogen) atoms. The molecule has 0 spiro atoms. The third kappa shape index (κ3) is 1.82. The lowest BCUT2D eigenvalue weighted by Gasteiger charge is -2.16. The van der Waals surface area contributed by atoms with Crippen molar-refractivity contribution < 1.29 is 0 Å². The topological polar surface area (TPSA) is 43.8 Å². The van der Waals surface area contributed by atoms with Gasteiger partial charge in [-0.25, -0.2) is 0 Å². The van der Waals surface area contributed by atoms with Gasteiger partial charge in [0, 0.05) is 19.3 Å². The van der Waals surface area contributed by atoms with Crippen LogP contribution in [-0.4, -0.2) is 15.8 Å². The summed E-state index contributed by atoms with van der Waals surface area (Å²) in [5.41, 5.74) is 7.35. The summed E-state index contributed by atoms with van der Waals surface area (Å²) >= 11 is 0. The van der Waals surface area contributed by atoms with Crippen LogP contribution in [0.5, 0.6) is 0 Å². The van der Waals surface area contributed by atoms with E-state index in [-0.39, 0.29) is 0 Å². The van der Waals surface area contributed by atoms with Gasteiger partial charge in [-0.2, -0.15) is 5.10 Å². The number of aromatic nitrogens is 2. The van der Waals surface area contributed by atoms with Crippen molar-refractivity contribution >= 4 is 0 Å². The molecule has 1 fully saturated rings. The van der Waals surface area contributed by atoms with Crippen LogP contribution in [0.4, 0.5) is 0 Å². The molecular weight excluding hydrogens is 174 g/mol. The Morgan fingerprint density at radius 2 is 2.36 bits per heavy atom. The van der Waals surface area contributed by atoms with E-state index < -0.39 is 0 Å². The van der Waals surface area contributed by atoms with E-state index in [0.29, 0.717) is 12.0 Å². The van der Waals surface area contributed by atoms with Gasteiger partial charge in [-0.3, -0.25) is 4.68 Å². The van der Waals surface area contributed by atoms with Crippen LogP contribution in [0, 0.1) is 11.8 Å². The third-order valence-electron chi connectivity index (χ3n) is 3.55. The normalized spacial score (nSPS) is 32.4. The maximum Gasteiger partial charge on any atom is 0.0521 e. The molecule has 1 aromatic heterocycles. The molecule has 0 bridgehead atoms. The lowest BCUT2D eigenvalue weighted by molar-refractivity contribution is 0.390. The van der Waals surface area contributed by atoms with Crippen molar-refractivity contribution in [3.63, 3.8) is 0 Å². The summed E-state index contributed by atoms with van der Waals surface area (Å²) in [5.74, 6) is 1.42. The largest absolute Gasteiger partial charge is 0.327 e. The average Bonchev–Trinajstić information content (AvgIpc) is 2.67. The molecule has 1 heterocycles. The molecule has 0 aliphatic heterocycles. The second-order valence-electron chi connectivity index (χ2n) is 4.59. The van der Waals surface area contributed by atoms with Gasteiger partial charge in [0.1, 0.15) is 0 Å². The van der Waals surface area contributed by atoms with Gasteiger partial charge in [-0.15, -0.1) is 0 Å². The van der Waals surface area contributed by atoms with Crippen LogP contribution in [0.3, 0.4) is 0 Å². The first kappa shape index (κ1) is 9.71. The first-order valence-corrected chi connectivity index (χ1v) is 5.40. The van der Waals surface area contributed by atoms with Gasteiger partial charge in [0.05, 0.1) is 6.20 Å². The van der Waals surface area contributed by atoms with Crippen molar-refractivity contribution in [2.75, 3.05) is 0 Å². The molecule has 3 atom stereocenters. The summed E-state index contributed by atoms with van der Waals surface area (Å²) in [6, 6.07) is 0.414. The molecule has 0 aromatic carbocycles. The van der Waals surface area contributed by atoms with Crippen molar-refractivity contribution in [2.24, 2.45) is 24.6 Å². The monoisotopic (exact) mass is 193 g/mol. The molecule has 2 N–H and O–H groups in total. The molecule has 3 nitrogen and oxygen atoms in total. The summed E-state index contributed by atoms with van der Waals surface area (Å²) in [7, 11) is 1.97. The lowest BCUT2D eigenvalue weighted by atomic mass is 9.91. The van der Waals surface area contributed by atoms with Gasteiger partial charge in [-0.1, -0.05) is 6.92 Å². The van der Waals surface area contributed by atoms with Crippen LogP contribution >= 0.6 is 0 Å². The zero-order valence-corrected chi connectivity index (χ0v) is 8.98. The SMILES string of the molecule is CC1C(N)CCC1Cc1cnn(C)c1. The summed E-state index contributed by atoms with van der Waals surface area (Å²) in [4.78, 5) is 0. The summed E-state index contributed by atoms with van der Waals surface area (Å²) in [6.07, 6.45) is 7.68. The molecule has 3 heteroatoms. The van der Waals surface area contributed by atoms with E-state index >= 15 is 0 Å². The van der Waals surface area contributed by atoms with Crippen LogP contribution in [0.15, 0.2) is 12.4 Å². The van der Waals surface area contributed by atoms with E-state index in [9.17, 15) is 0 Å². The number of hydrogen-bond acceptors (Lipinski definition) is 2. The van der Waals surface area contributed by atoms with Gasteiger partial charge in [-0.05, 0) is 36.7 Å². The maximum absolute atomic E-state index is 6.01. The van der Waals surface area contributed by atoms with E-state index in [1.807, 2.05) is 17.9 Å². The van der Waals surface area contributed by atoms with E-state index in [4.69, 9.17) is 5.73 Å². The predicted octanol–water partition coefficient (Wildman–Crippen LogP) is 1.34. The zero-order chi connectivity index (χ0) is 10.1. The van der Waals surface area contributed by atoms with Crippen LogP contribution in [0.2, 0.25) is 0 Å². The highest BCUT2D eigenvalue weighted by molar-refractivity contribution is 5.06. The smallest absolute Gasteiger partial charge is 0.0521 e. The van der Waals surface area contributed by atoms with E-state index in [2.05, 4.69) is 18.2 Å². The van der Waals surface area contributed by atoms with Crippen LogP contribution in [-0.2, 0) is 13.5 Å². The Kier molecular flexibility index (Phi) is 2.59. The number of hydrogen-bond donors (Lipinski definition) is 1. The molecular formula is C11H19N3. The number of nitrogens with zero attached hydrogens (tertiary/aromatic N) is 2. The maximum atomic E-state index is 6.01. The van der Waals surface area contributed by atoms with Crippen LogP contribution in [0.25, 0.3) is 0 Å². The van der Waals surface area contributed by atoms with Gasteiger partial charge in [0.2, 0.25) is 0 Å². The lowest BCUT2D eigenvalue weighted by Crippen LogP contribution is -2.25. The quantitative estimate of drug-likeness (QED) is 0.770. The molecule has 78 valence electrons. The highest BCUT2D eigenvalue weighted by Gasteiger charge is 2.30. The Labute approximate surface area is 85.3 Å². The molecule has 0 saturated heterocycles. The molecule has 3 unspecified atom stereocenters. The van der Waals surface area contributed by atoms with Gasteiger partial charge >= 0.3 is 0 Å². The van der Waals surface area contributed by atoms with Crippen molar-refractivity contribution in [1.29, 1.82) is 0 Å². The Morgan fingerprint density at radius 3 is 2.86 bits per heavy atom. The Bertz CT molecular complexity index is 305. The molecule has 0 radical (unpaired) electrons. The average molecular weight is 193 g/mol. The van der Waals surface area contributed by atoms with Gasteiger partial charge in [0.15, 0.2) is 0 Å². The fourth-order valence-electron chi connectivity index (χ4n) is 2.45. The van der Waals surface area contributed by atoms with Crippen LogP contribution in [0.1, 0.15) is 25.3 Å². The van der Waals surface area contributed by atoms with Crippen molar-refractivity contribution in [1.82, 2.24) is 9.78 Å². The van der Waals surface area contributed by atoms with E-state index in [1.54, 1.807) is 0 Å². The fourth-order valence-corrected chi connectivity index (χ4v) is 2.45. The number of nitrogens with two attached hydrogens (primary N) is 1. The first-order valence-electron chi connectivity index (χ1n) is 5.40. The minimum Gasteiger partial charge on any atom is -0.327 e. The highest BCUT2D eigenvalue weighted by atomic mass is 15.2. The summed E-state index contributed by atoms with van der Waals surface area (Å²) in [5, 5.41) is 4.19. The van der Waals surface area contributed by atoms with Crippen molar-refractivity contribution in [3.8, 4) is 0 Å². The summed E-state index contributed by atoms with van der Waals surface area (Å²) in [6.45, 7) is 2.28. The molecule has 1 aliphatic rings. The second-order valence-corrected chi connectivity index (χ2v) is 4.59. The predicted molar refractivity (Wildman–Crippen MR) is 56.8 cm³/mol. The Hall–Kier alpha value is -0.830. The minimum atomic E-state index is 0.414. The minimum absolute atomic E-state index is 0.414. The van der Waals surface area contributed by atoms with E-state index in [0.717, 1.165) is 12.3 Å². The van der Waals surface area contributed by atoms with E-state index in [1.165, 1.54) is 18.4 Å². The van der Waals surface area contributed by atoms with Gasteiger partial charge < -0.3 is 5.73 Å². The zero-order valence-electron chi connectivity index (χ0n) is 8.98.